The Hall–Kier alpha value is -3.32. The summed E-state index contributed by atoms with van der Waals surface area (Å²) in [4.78, 5) is 25.9. The Morgan fingerprint density at radius 2 is 1.68 bits per heavy atom. The van der Waals surface area contributed by atoms with Gasteiger partial charge in [-0.25, -0.2) is 4.40 Å². The van der Waals surface area contributed by atoms with Crippen LogP contribution >= 0.6 is 11.3 Å². The zero-order valence-electron chi connectivity index (χ0n) is 12.8. The van der Waals surface area contributed by atoms with Crippen LogP contribution in [0.1, 0.15) is 5.56 Å². The van der Waals surface area contributed by atoms with E-state index in [-0.39, 0.29) is 11.5 Å². The van der Waals surface area contributed by atoms with E-state index in [1.54, 1.807) is 0 Å². The van der Waals surface area contributed by atoms with Gasteiger partial charge in [-0.1, -0.05) is 59.9 Å². The molecular formula is C18H10N4O2S. The number of amides is 1. The van der Waals surface area contributed by atoms with Gasteiger partial charge in [0.1, 0.15) is 4.53 Å². The zero-order chi connectivity index (χ0) is 17.0. The van der Waals surface area contributed by atoms with Gasteiger partial charge in [0, 0.05) is 16.8 Å². The topological polar surface area (TPSA) is 76.4 Å². The highest BCUT2D eigenvalue weighted by Crippen LogP contribution is 2.29. The van der Waals surface area contributed by atoms with Gasteiger partial charge in [-0.3, -0.25) is 9.59 Å². The lowest BCUT2D eigenvalue weighted by Gasteiger charge is -1.95. The maximum absolute atomic E-state index is 13.0. The summed E-state index contributed by atoms with van der Waals surface area (Å²) < 4.78 is 1.85. The first-order valence-electron chi connectivity index (χ1n) is 7.62. The Labute approximate surface area is 145 Å². The van der Waals surface area contributed by atoms with E-state index >= 15 is 0 Å². The maximum Gasteiger partial charge on any atom is 0.277 e. The fourth-order valence-electron chi connectivity index (χ4n) is 3.03. The molecule has 120 valence electrons. The summed E-state index contributed by atoms with van der Waals surface area (Å²) in [6.45, 7) is 0. The number of anilines is 1. The third-order valence-electron chi connectivity index (χ3n) is 4.15. The van der Waals surface area contributed by atoms with E-state index in [9.17, 15) is 9.59 Å². The number of hydrogen-bond acceptors (Lipinski definition) is 5. The van der Waals surface area contributed by atoms with Gasteiger partial charge in [0.05, 0.1) is 5.57 Å². The van der Waals surface area contributed by atoms with Crippen molar-refractivity contribution in [2.24, 2.45) is 0 Å². The van der Waals surface area contributed by atoms with Crippen LogP contribution in [0.5, 0.6) is 0 Å². The first kappa shape index (κ1) is 14.1. The third-order valence-corrected chi connectivity index (χ3v) is 5.18. The molecule has 25 heavy (non-hydrogen) atoms. The van der Waals surface area contributed by atoms with Gasteiger partial charge >= 0.3 is 0 Å². The molecule has 4 aromatic rings. The first-order chi connectivity index (χ1) is 12.2. The first-order valence-corrected chi connectivity index (χ1v) is 8.44. The number of benzene rings is 2. The molecule has 0 radical (unpaired) electrons. The largest absolute Gasteiger partial charge is 0.321 e. The molecular weight excluding hydrogens is 336 g/mol. The number of carbonyl (C=O) groups excluding carboxylic acids is 1. The lowest BCUT2D eigenvalue weighted by Crippen LogP contribution is -2.28. The van der Waals surface area contributed by atoms with Gasteiger partial charge < -0.3 is 5.32 Å². The summed E-state index contributed by atoms with van der Waals surface area (Å²) in [6, 6.07) is 16.7. The normalized spacial score (nSPS) is 15.4. The zero-order valence-corrected chi connectivity index (χ0v) is 13.6. The van der Waals surface area contributed by atoms with E-state index in [4.69, 9.17) is 0 Å². The Morgan fingerprint density at radius 1 is 0.920 bits per heavy atom. The molecule has 0 saturated carbocycles. The number of nitrogens with zero attached hydrogens (tertiary/aromatic N) is 3. The standard InChI is InChI=1S/C18H10N4O2S/c23-16-13(11-8-4-5-9-12(11)19-16)14-17(24)22-15(20-21-18(22)25-14)10-6-2-1-3-7-10/h1-9H,(H,19,23)/b14-13+. The Balaban J connectivity index is 1.86. The van der Waals surface area contributed by atoms with Crippen molar-refractivity contribution in [2.75, 3.05) is 5.32 Å². The van der Waals surface area contributed by atoms with Crippen molar-refractivity contribution in [3.8, 4) is 11.4 Å². The molecule has 0 saturated heterocycles. The minimum atomic E-state index is -0.272. The second kappa shape index (κ2) is 5.09. The third kappa shape index (κ3) is 1.96. The van der Waals surface area contributed by atoms with Crippen molar-refractivity contribution in [3.63, 3.8) is 0 Å². The molecule has 2 aromatic carbocycles. The SMILES string of the molecule is O=C1Nc2ccccc2/C1=c1\sc2nnc(-c3ccccc3)n2c1=O. The summed E-state index contributed by atoms with van der Waals surface area (Å²) >= 11 is 1.18. The van der Waals surface area contributed by atoms with Crippen LogP contribution in [0.3, 0.4) is 0 Å². The van der Waals surface area contributed by atoms with Crippen molar-refractivity contribution in [1.82, 2.24) is 14.6 Å². The molecule has 0 unspecified atom stereocenters. The van der Waals surface area contributed by atoms with Crippen LogP contribution < -0.4 is 15.4 Å². The van der Waals surface area contributed by atoms with Crippen molar-refractivity contribution in [3.05, 3.63) is 75.0 Å². The number of carbonyl (C=O) groups is 1. The molecule has 3 heterocycles. The van der Waals surface area contributed by atoms with E-state index < -0.39 is 0 Å². The lowest BCUT2D eigenvalue weighted by atomic mass is 10.1. The molecule has 1 aliphatic heterocycles. The van der Waals surface area contributed by atoms with Gasteiger partial charge in [-0.2, -0.15) is 0 Å². The van der Waals surface area contributed by atoms with Gasteiger partial charge in [-0.05, 0) is 6.07 Å². The highest BCUT2D eigenvalue weighted by Gasteiger charge is 2.27. The second-order valence-electron chi connectivity index (χ2n) is 5.62. The van der Waals surface area contributed by atoms with E-state index in [0.717, 1.165) is 11.1 Å². The minimum absolute atomic E-state index is 0.267. The van der Waals surface area contributed by atoms with Crippen LogP contribution in [-0.2, 0) is 4.79 Å². The number of thiazole rings is 1. The van der Waals surface area contributed by atoms with E-state index in [1.165, 1.54) is 15.7 Å². The monoisotopic (exact) mass is 346 g/mol. The van der Waals surface area contributed by atoms with Crippen LogP contribution in [0.15, 0.2) is 59.4 Å². The molecule has 6 nitrogen and oxygen atoms in total. The number of hydrogen-bond donors (Lipinski definition) is 1. The average Bonchev–Trinajstić information content (AvgIpc) is 3.28. The molecule has 5 rings (SSSR count). The quantitative estimate of drug-likeness (QED) is 0.569. The minimum Gasteiger partial charge on any atom is -0.321 e. The fourth-order valence-corrected chi connectivity index (χ4v) is 4.04. The molecule has 0 fully saturated rings. The molecule has 0 aliphatic carbocycles. The highest BCUT2D eigenvalue weighted by molar-refractivity contribution is 7.15. The van der Waals surface area contributed by atoms with Crippen LogP contribution in [0.25, 0.3) is 21.9 Å². The van der Waals surface area contributed by atoms with Gasteiger partial charge in [0.15, 0.2) is 5.82 Å². The molecule has 0 spiro atoms. The summed E-state index contributed by atoms with van der Waals surface area (Å²) in [7, 11) is 0. The Kier molecular flexibility index (Phi) is 2.86. The lowest BCUT2D eigenvalue weighted by molar-refractivity contribution is -0.110. The van der Waals surface area contributed by atoms with Crippen molar-refractivity contribution in [1.29, 1.82) is 0 Å². The molecule has 1 N–H and O–H groups in total. The summed E-state index contributed by atoms with van der Waals surface area (Å²) in [6.07, 6.45) is 0. The molecule has 1 aliphatic rings. The van der Waals surface area contributed by atoms with Crippen molar-refractivity contribution >= 4 is 33.5 Å². The number of nitrogens with one attached hydrogen (secondary N) is 1. The number of aromatic nitrogens is 3. The van der Waals surface area contributed by atoms with Crippen LogP contribution in [0.4, 0.5) is 5.69 Å². The van der Waals surface area contributed by atoms with E-state index in [0.29, 0.717) is 26.6 Å². The van der Waals surface area contributed by atoms with Crippen molar-refractivity contribution < 1.29 is 4.79 Å². The highest BCUT2D eigenvalue weighted by atomic mass is 32.1. The van der Waals surface area contributed by atoms with Gasteiger partial charge in [0.25, 0.3) is 11.5 Å². The van der Waals surface area contributed by atoms with E-state index in [1.807, 2.05) is 54.6 Å². The van der Waals surface area contributed by atoms with Gasteiger partial charge in [-0.15, -0.1) is 10.2 Å². The van der Waals surface area contributed by atoms with Crippen molar-refractivity contribution in [2.45, 2.75) is 0 Å². The predicted molar refractivity (Wildman–Crippen MR) is 95.4 cm³/mol. The summed E-state index contributed by atoms with van der Waals surface area (Å²) in [5, 5.41) is 11.0. The maximum atomic E-state index is 13.0. The van der Waals surface area contributed by atoms with E-state index in [2.05, 4.69) is 15.5 Å². The van der Waals surface area contributed by atoms with Crippen LogP contribution in [-0.4, -0.2) is 20.5 Å². The molecule has 0 bridgehead atoms. The van der Waals surface area contributed by atoms with Crippen LogP contribution in [0, 0.1) is 0 Å². The number of rotatable bonds is 1. The van der Waals surface area contributed by atoms with Gasteiger partial charge in [0.2, 0.25) is 4.96 Å². The number of fused-ring (bicyclic) bond motifs is 2. The predicted octanol–water partition coefficient (Wildman–Crippen LogP) is 1.69. The molecule has 2 aromatic heterocycles. The fraction of sp³-hybridized carbons (Fsp3) is 0. The number of para-hydroxylation sites is 1. The van der Waals surface area contributed by atoms with Crippen LogP contribution in [0.2, 0.25) is 0 Å². The summed E-state index contributed by atoms with van der Waals surface area (Å²) in [5.41, 5.74) is 2.39. The molecule has 1 amide bonds. The smallest absolute Gasteiger partial charge is 0.277 e. The Bertz CT molecular complexity index is 1260. The second-order valence-corrected chi connectivity index (χ2v) is 6.60. The Morgan fingerprint density at radius 3 is 2.52 bits per heavy atom. The summed E-state index contributed by atoms with van der Waals surface area (Å²) in [5.74, 6) is 0.215. The molecule has 0 atom stereocenters. The molecule has 7 heteroatoms. The average molecular weight is 346 g/mol.